The minimum atomic E-state index is -3.43. The summed E-state index contributed by atoms with van der Waals surface area (Å²) in [6.45, 7) is 2.43. The molecule has 0 spiro atoms. The molecule has 0 aliphatic heterocycles. The molecule has 2 aromatic carbocycles. The summed E-state index contributed by atoms with van der Waals surface area (Å²) in [5.74, 6) is 0.314. The third-order valence-corrected chi connectivity index (χ3v) is 5.58. The topological polar surface area (TPSA) is 72.5 Å². The summed E-state index contributed by atoms with van der Waals surface area (Å²) in [6, 6.07) is 14.1. The molecule has 0 aliphatic carbocycles. The average molecular weight is 361 g/mol. The summed E-state index contributed by atoms with van der Waals surface area (Å²) >= 11 is 0. The molecule has 5 nitrogen and oxygen atoms in total. The second-order valence-corrected chi connectivity index (χ2v) is 7.91. The van der Waals surface area contributed by atoms with Crippen LogP contribution < -0.4 is 10.1 Å². The zero-order valence-corrected chi connectivity index (χ0v) is 15.3. The normalized spacial score (nSPS) is 11.1. The van der Waals surface area contributed by atoms with E-state index in [1.165, 1.54) is 12.1 Å². The third-order valence-electron chi connectivity index (χ3n) is 3.85. The molecule has 0 bridgehead atoms. The van der Waals surface area contributed by atoms with E-state index in [2.05, 4.69) is 5.32 Å². The van der Waals surface area contributed by atoms with E-state index >= 15 is 0 Å². The molecular weight excluding hydrogens is 338 g/mol. The van der Waals surface area contributed by atoms with Crippen molar-refractivity contribution in [3.8, 4) is 5.75 Å². The molecule has 2 rings (SSSR count). The van der Waals surface area contributed by atoms with Gasteiger partial charge in [0, 0.05) is 13.0 Å². The van der Waals surface area contributed by atoms with Crippen molar-refractivity contribution in [2.75, 3.05) is 19.4 Å². The minimum absolute atomic E-state index is 0.0534. The van der Waals surface area contributed by atoms with Crippen molar-refractivity contribution in [3.63, 3.8) is 0 Å². The van der Waals surface area contributed by atoms with Crippen LogP contribution in [0.3, 0.4) is 0 Å². The fourth-order valence-corrected chi connectivity index (χ4v) is 3.76. The maximum atomic E-state index is 12.2. The molecule has 0 fully saturated rings. The van der Waals surface area contributed by atoms with E-state index in [1.54, 1.807) is 25.3 Å². The van der Waals surface area contributed by atoms with Crippen LogP contribution in [0.2, 0.25) is 0 Å². The number of nitrogens with one attached hydrogen (secondary N) is 1. The predicted molar refractivity (Wildman–Crippen MR) is 97.6 cm³/mol. The van der Waals surface area contributed by atoms with E-state index < -0.39 is 9.84 Å². The van der Waals surface area contributed by atoms with Gasteiger partial charge in [0.15, 0.2) is 9.84 Å². The second-order valence-electron chi connectivity index (χ2n) is 5.80. The van der Waals surface area contributed by atoms with Crippen molar-refractivity contribution in [3.05, 3.63) is 59.7 Å². The number of ether oxygens (including phenoxy) is 1. The van der Waals surface area contributed by atoms with Crippen LogP contribution in [0.5, 0.6) is 5.75 Å². The van der Waals surface area contributed by atoms with Gasteiger partial charge in [0.05, 0.1) is 17.8 Å². The van der Waals surface area contributed by atoms with Crippen LogP contribution in [0.25, 0.3) is 0 Å². The smallest absolute Gasteiger partial charge is 0.221 e. The Balaban J connectivity index is 1.83. The first-order valence-corrected chi connectivity index (χ1v) is 9.75. The monoisotopic (exact) mass is 361 g/mol. The lowest BCUT2D eigenvalue weighted by Gasteiger charge is -2.10. The van der Waals surface area contributed by atoms with Crippen LogP contribution in [0.4, 0.5) is 0 Å². The Hall–Kier alpha value is -2.34. The summed E-state index contributed by atoms with van der Waals surface area (Å²) in [7, 11) is -1.82. The molecule has 2 aromatic rings. The van der Waals surface area contributed by atoms with Crippen LogP contribution in [0, 0.1) is 6.92 Å². The minimum Gasteiger partial charge on any atom is -0.496 e. The van der Waals surface area contributed by atoms with Crippen molar-refractivity contribution in [1.29, 1.82) is 0 Å². The maximum absolute atomic E-state index is 12.2. The molecule has 134 valence electrons. The number of sulfone groups is 1. The van der Waals surface area contributed by atoms with Crippen molar-refractivity contribution >= 4 is 15.7 Å². The van der Waals surface area contributed by atoms with E-state index in [4.69, 9.17) is 4.74 Å². The summed E-state index contributed by atoms with van der Waals surface area (Å²) in [5, 5.41) is 2.77. The zero-order chi connectivity index (χ0) is 18.3. The Morgan fingerprint density at radius 1 is 1.12 bits per heavy atom. The molecular formula is C19H23NO4S. The Labute approximate surface area is 148 Å². The van der Waals surface area contributed by atoms with Crippen LogP contribution in [0.1, 0.15) is 17.5 Å². The first kappa shape index (κ1) is 19.0. The summed E-state index contributed by atoms with van der Waals surface area (Å²) in [4.78, 5) is 12.2. The summed E-state index contributed by atoms with van der Waals surface area (Å²) < 4.78 is 29.6. The number of amides is 1. The van der Waals surface area contributed by atoms with E-state index in [1.807, 2.05) is 25.1 Å². The van der Waals surface area contributed by atoms with Gasteiger partial charge in [-0.15, -0.1) is 0 Å². The number of rotatable bonds is 8. The second kappa shape index (κ2) is 8.67. The van der Waals surface area contributed by atoms with Gasteiger partial charge >= 0.3 is 0 Å². The lowest BCUT2D eigenvalue weighted by Crippen LogP contribution is -2.27. The van der Waals surface area contributed by atoms with Gasteiger partial charge < -0.3 is 10.1 Å². The largest absolute Gasteiger partial charge is 0.496 e. The highest BCUT2D eigenvalue weighted by atomic mass is 32.2. The number of carbonyl (C=O) groups is 1. The number of benzene rings is 2. The highest BCUT2D eigenvalue weighted by Crippen LogP contribution is 2.19. The van der Waals surface area contributed by atoms with Gasteiger partial charge in [-0.1, -0.05) is 35.9 Å². The molecule has 0 atom stereocenters. The highest BCUT2D eigenvalue weighted by Gasteiger charge is 2.16. The number of hydrogen-bond acceptors (Lipinski definition) is 4. The van der Waals surface area contributed by atoms with Crippen LogP contribution >= 0.6 is 0 Å². The van der Waals surface area contributed by atoms with Crippen molar-refractivity contribution in [2.24, 2.45) is 0 Å². The molecule has 0 unspecified atom stereocenters. The molecule has 0 aliphatic rings. The lowest BCUT2D eigenvalue weighted by atomic mass is 10.1. The van der Waals surface area contributed by atoms with Crippen molar-refractivity contribution < 1.29 is 17.9 Å². The number of carbonyl (C=O) groups excluding carboxylic acids is 1. The Morgan fingerprint density at radius 3 is 2.52 bits per heavy atom. The molecule has 1 N–H and O–H groups in total. The summed E-state index contributed by atoms with van der Waals surface area (Å²) in [5.41, 5.74) is 2.13. The highest BCUT2D eigenvalue weighted by molar-refractivity contribution is 7.91. The van der Waals surface area contributed by atoms with Crippen molar-refractivity contribution in [2.45, 2.75) is 24.7 Å². The fraction of sp³-hybridized carbons (Fsp3) is 0.316. The SMILES string of the molecule is COc1ccc(C)cc1CCNC(=O)CCS(=O)(=O)c1ccccc1. The average Bonchev–Trinajstić information content (AvgIpc) is 2.61. The Morgan fingerprint density at radius 2 is 1.84 bits per heavy atom. The fourth-order valence-electron chi connectivity index (χ4n) is 2.50. The molecule has 25 heavy (non-hydrogen) atoms. The molecule has 0 heterocycles. The standard InChI is InChI=1S/C19H23NO4S/c1-15-8-9-18(24-2)16(14-15)10-12-20-19(21)11-13-25(22,23)17-6-4-3-5-7-17/h3-9,14H,10-13H2,1-2H3,(H,20,21). The molecule has 0 saturated carbocycles. The van der Waals surface area contributed by atoms with Gasteiger partial charge in [0.1, 0.15) is 5.75 Å². The van der Waals surface area contributed by atoms with Gasteiger partial charge in [-0.25, -0.2) is 8.42 Å². The molecule has 0 aromatic heterocycles. The number of hydrogen-bond donors (Lipinski definition) is 1. The molecule has 0 radical (unpaired) electrons. The first-order chi connectivity index (χ1) is 11.9. The van der Waals surface area contributed by atoms with E-state index in [0.29, 0.717) is 13.0 Å². The zero-order valence-electron chi connectivity index (χ0n) is 14.5. The number of aryl methyl sites for hydroxylation is 1. The molecule has 6 heteroatoms. The Bertz CT molecular complexity index is 817. The van der Waals surface area contributed by atoms with E-state index in [0.717, 1.165) is 16.9 Å². The first-order valence-electron chi connectivity index (χ1n) is 8.10. The molecule has 0 saturated heterocycles. The van der Waals surface area contributed by atoms with Gasteiger partial charge in [0.2, 0.25) is 5.91 Å². The van der Waals surface area contributed by atoms with Crippen LogP contribution in [-0.2, 0) is 21.1 Å². The van der Waals surface area contributed by atoms with Crippen LogP contribution in [-0.4, -0.2) is 33.7 Å². The maximum Gasteiger partial charge on any atom is 0.221 e. The van der Waals surface area contributed by atoms with Crippen molar-refractivity contribution in [1.82, 2.24) is 5.32 Å². The van der Waals surface area contributed by atoms with Gasteiger partial charge in [0.25, 0.3) is 0 Å². The van der Waals surface area contributed by atoms with E-state index in [-0.39, 0.29) is 23.0 Å². The lowest BCUT2D eigenvalue weighted by molar-refractivity contribution is -0.120. The van der Waals surface area contributed by atoms with Gasteiger partial charge in [-0.05, 0) is 37.1 Å². The Kier molecular flexibility index (Phi) is 6.58. The predicted octanol–water partition coefficient (Wildman–Crippen LogP) is 2.53. The molecule has 1 amide bonds. The quantitative estimate of drug-likeness (QED) is 0.784. The van der Waals surface area contributed by atoms with Gasteiger partial charge in [-0.2, -0.15) is 0 Å². The van der Waals surface area contributed by atoms with Gasteiger partial charge in [-0.3, -0.25) is 4.79 Å². The van der Waals surface area contributed by atoms with Crippen LogP contribution in [0.15, 0.2) is 53.4 Å². The number of methoxy groups -OCH3 is 1. The van der Waals surface area contributed by atoms with E-state index in [9.17, 15) is 13.2 Å². The third kappa shape index (κ3) is 5.60. The summed E-state index contributed by atoms with van der Waals surface area (Å²) in [6.07, 6.45) is 0.574.